The van der Waals surface area contributed by atoms with Gasteiger partial charge in [-0.2, -0.15) is 9.97 Å². The first kappa shape index (κ1) is 32.2. The quantitative estimate of drug-likeness (QED) is 0.150. The van der Waals surface area contributed by atoms with Crippen molar-refractivity contribution in [2.24, 2.45) is 0 Å². The van der Waals surface area contributed by atoms with Crippen LogP contribution < -0.4 is 16.2 Å². The van der Waals surface area contributed by atoms with Crippen LogP contribution in [0.3, 0.4) is 0 Å². The lowest BCUT2D eigenvalue weighted by Crippen LogP contribution is -2.45. The summed E-state index contributed by atoms with van der Waals surface area (Å²) < 4.78 is 12.2. The molecule has 0 saturated carbocycles. The van der Waals surface area contributed by atoms with Crippen molar-refractivity contribution in [1.82, 2.24) is 29.3 Å². The maximum Gasteiger partial charge on any atom is 0.327 e. The third-order valence-corrected chi connectivity index (χ3v) is 8.46. The van der Waals surface area contributed by atoms with Gasteiger partial charge in [0.25, 0.3) is 0 Å². The van der Waals surface area contributed by atoms with E-state index in [1.54, 1.807) is 4.57 Å². The number of rotatable bonds is 15. The molecule has 0 spiro atoms. The monoisotopic (exact) mass is 615 g/mol. The minimum absolute atomic E-state index is 0.192. The first-order valence-corrected chi connectivity index (χ1v) is 16.0. The van der Waals surface area contributed by atoms with Crippen molar-refractivity contribution < 1.29 is 14.3 Å². The molecular weight excluding hydrogens is 570 g/mol. The van der Waals surface area contributed by atoms with E-state index in [4.69, 9.17) is 15.2 Å². The summed E-state index contributed by atoms with van der Waals surface area (Å²) >= 11 is 0. The molecule has 0 unspecified atom stereocenters. The second-order valence-electron chi connectivity index (χ2n) is 11.8. The standard InChI is InChI=1S/C34H45N7O4/c1-3-4-20-45-33-37-31(35)30-32(38-33)41(34(43)36-30)17-9-16-40(24-27-13-8-12-26(21-27)22-29(42)44-2)28-14-18-39(19-15-28)23-25-10-6-5-7-11-25/h5-8,10-13,21,28H,3-4,9,14-20,22-24H2,1-2H3,(H,36,43)(H2,35,37,38). The second-order valence-corrected chi connectivity index (χ2v) is 11.8. The Balaban J connectivity index is 1.29. The minimum atomic E-state index is -0.256. The molecular formula is C34H45N7O4. The molecule has 0 atom stereocenters. The lowest BCUT2D eigenvalue weighted by atomic mass is 10.0. The zero-order chi connectivity index (χ0) is 31.6. The predicted molar refractivity (Wildman–Crippen MR) is 175 cm³/mol. The summed E-state index contributed by atoms with van der Waals surface area (Å²) in [6.45, 7) is 7.62. The number of unbranched alkanes of at least 4 members (excludes halogenated alkanes) is 1. The van der Waals surface area contributed by atoms with Gasteiger partial charge in [0.05, 0.1) is 20.1 Å². The highest BCUT2D eigenvalue weighted by atomic mass is 16.5. The molecule has 11 heteroatoms. The number of nitrogens with zero attached hydrogens (tertiary/aromatic N) is 5. The molecule has 240 valence electrons. The lowest BCUT2D eigenvalue weighted by Gasteiger charge is -2.39. The Labute approximate surface area is 264 Å². The van der Waals surface area contributed by atoms with Crippen molar-refractivity contribution in [3.8, 4) is 6.01 Å². The van der Waals surface area contributed by atoms with E-state index >= 15 is 0 Å². The van der Waals surface area contributed by atoms with Crippen LogP contribution in [0.4, 0.5) is 5.82 Å². The van der Waals surface area contributed by atoms with Crippen LogP contribution in [0, 0.1) is 0 Å². The molecule has 4 aromatic rings. The Hall–Kier alpha value is -4.22. The highest BCUT2D eigenvalue weighted by Gasteiger charge is 2.25. The number of esters is 1. The number of H-pyrrole nitrogens is 1. The number of methoxy groups -OCH3 is 1. The smallest absolute Gasteiger partial charge is 0.327 e. The number of aryl methyl sites for hydroxylation is 1. The van der Waals surface area contributed by atoms with Crippen molar-refractivity contribution in [3.05, 3.63) is 81.8 Å². The normalized spacial score (nSPS) is 14.3. The van der Waals surface area contributed by atoms with Crippen molar-refractivity contribution in [1.29, 1.82) is 0 Å². The molecule has 0 radical (unpaired) electrons. The number of imidazole rings is 1. The van der Waals surface area contributed by atoms with Crippen molar-refractivity contribution in [2.45, 2.75) is 71.1 Å². The van der Waals surface area contributed by atoms with E-state index in [9.17, 15) is 9.59 Å². The Kier molecular flexibility index (Phi) is 11.2. The molecule has 45 heavy (non-hydrogen) atoms. The SMILES string of the molecule is CCCCOc1nc(N)c2[nH]c(=O)n(CCCN(Cc3cccc(CC(=O)OC)c3)C3CCN(Cc4ccccc4)CC3)c2n1. The van der Waals surface area contributed by atoms with Crippen LogP contribution in [-0.4, -0.2) is 74.7 Å². The van der Waals surface area contributed by atoms with E-state index in [2.05, 4.69) is 74.1 Å². The molecule has 0 bridgehead atoms. The van der Waals surface area contributed by atoms with Gasteiger partial charge in [-0.25, -0.2) is 4.79 Å². The average molecular weight is 616 g/mol. The Bertz CT molecular complexity index is 1600. The maximum atomic E-state index is 13.0. The molecule has 1 saturated heterocycles. The summed E-state index contributed by atoms with van der Waals surface area (Å²) in [7, 11) is 1.41. The molecule has 0 amide bonds. The molecule has 1 fully saturated rings. The number of fused-ring (bicyclic) bond motifs is 1. The number of nitrogens with one attached hydrogen (secondary N) is 1. The topological polar surface area (TPSA) is 132 Å². The van der Waals surface area contributed by atoms with E-state index in [-0.39, 0.29) is 29.9 Å². The van der Waals surface area contributed by atoms with Gasteiger partial charge in [-0.05, 0) is 55.5 Å². The molecule has 2 aromatic heterocycles. The highest BCUT2D eigenvalue weighted by molar-refractivity contribution is 5.81. The van der Waals surface area contributed by atoms with E-state index < -0.39 is 0 Å². The number of ether oxygens (including phenoxy) is 2. The third kappa shape index (κ3) is 8.70. The van der Waals surface area contributed by atoms with Crippen LogP contribution in [0.1, 0.15) is 55.7 Å². The molecule has 3 heterocycles. The first-order valence-electron chi connectivity index (χ1n) is 16.0. The zero-order valence-corrected chi connectivity index (χ0v) is 26.4. The van der Waals surface area contributed by atoms with Gasteiger partial charge in [0, 0.05) is 32.2 Å². The Morgan fingerprint density at radius 3 is 2.56 bits per heavy atom. The number of anilines is 1. The van der Waals surface area contributed by atoms with Gasteiger partial charge in [0.2, 0.25) is 0 Å². The largest absolute Gasteiger partial charge is 0.469 e. The first-order chi connectivity index (χ1) is 21.9. The maximum absolute atomic E-state index is 13.0. The summed E-state index contributed by atoms with van der Waals surface area (Å²) in [5.74, 6) is -0.0413. The van der Waals surface area contributed by atoms with E-state index in [1.807, 2.05) is 12.1 Å². The number of benzene rings is 2. The van der Waals surface area contributed by atoms with E-state index in [0.717, 1.165) is 76.0 Å². The number of aromatic amines is 1. The predicted octanol–water partition coefficient (Wildman–Crippen LogP) is 4.15. The van der Waals surface area contributed by atoms with Crippen LogP contribution in [0.15, 0.2) is 59.4 Å². The fourth-order valence-corrected chi connectivity index (χ4v) is 6.03. The fourth-order valence-electron chi connectivity index (χ4n) is 6.03. The summed E-state index contributed by atoms with van der Waals surface area (Å²) in [5.41, 5.74) is 10.2. The van der Waals surface area contributed by atoms with Gasteiger partial charge in [-0.15, -0.1) is 0 Å². The van der Waals surface area contributed by atoms with Crippen LogP contribution in [0.25, 0.3) is 11.2 Å². The number of nitrogens with two attached hydrogens (primary N) is 1. The number of piperidine rings is 1. The second kappa shape index (κ2) is 15.7. The summed E-state index contributed by atoms with van der Waals surface area (Å²) in [6, 6.07) is 19.4. The van der Waals surface area contributed by atoms with Crippen LogP contribution in [0.2, 0.25) is 0 Å². The number of hydrogen-bond donors (Lipinski definition) is 2. The number of carbonyl (C=O) groups excluding carboxylic acids is 1. The molecule has 1 aliphatic rings. The summed E-state index contributed by atoms with van der Waals surface area (Å²) in [5, 5.41) is 0. The summed E-state index contributed by atoms with van der Waals surface area (Å²) in [4.78, 5) is 41.5. The van der Waals surface area contributed by atoms with Crippen molar-refractivity contribution in [3.63, 3.8) is 0 Å². The molecule has 2 aromatic carbocycles. The Morgan fingerprint density at radius 1 is 1.04 bits per heavy atom. The summed E-state index contributed by atoms with van der Waals surface area (Å²) in [6.07, 6.45) is 4.99. The number of carbonyl (C=O) groups is 1. The zero-order valence-electron chi connectivity index (χ0n) is 26.4. The molecule has 3 N–H and O–H groups in total. The number of hydrogen-bond acceptors (Lipinski definition) is 9. The molecule has 0 aliphatic carbocycles. The van der Waals surface area contributed by atoms with Gasteiger partial charge in [0.15, 0.2) is 11.5 Å². The average Bonchev–Trinajstić information content (AvgIpc) is 3.37. The van der Waals surface area contributed by atoms with Crippen LogP contribution in [0.5, 0.6) is 6.01 Å². The number of nitrogen functional groups attached to an aromatic ring is 1. The van der Waals surface area contributed by atoms with Gasteiger partial charge < -0.3 is 20.2 Å². The van der Waals surface area contributed by atoms with E-state index in [0.29, 0.717) is 30.4 Å². The van der Waals surface area contributed by atoms with Gasteiger partial charge in [0.1, 0.15) is 5.52 Å². The third-order valence-electron chi connectivity index (χ3n) is 8.46. The van der Waals surface area contributed by atoms with Gasteiger partial charge >= 0.3 is 17.7 Å². The molecule has 1 aliphatic heterocycles. The van der Waals surface area contributed by atoms with E-state index in [1.165, 1.54) is 12.7 Å². The van der Waals surface area contributed by atoms with Crippen molar-refractivity contribution in [2.75, 3.05) is 39.1 Å². The van der Waals surface area contributed by atoms with Crippen LogP contribution >= 0.6 is 0 Å². The molecule has 5 rings (SSSR count). The Morgan fingerprint density at radius 2 is 1.80 bits per heavy atom. The highest BCUT2D eigenvalue weighted by Crippen LogP contribution is 2.23. The molecule has 11 nitrogen and oxygen atoms in total. The fraction of sp³-hybridized carbons (Fsp3) is 0.471. The van der Waals surface area contributed by atoms with Gasteiger partial charge in [-0.1, -0.05) is 67.9 Å². The minimum Gasteiger partial charge on any atom is -0.469 e. The number of likely N-dealkylation sites (tertiary alicyclic amines) is 1. The van der Waals surface area contributed by atoms with Gasteiger partial charge in [-0.3, -0.25) is 19.2 Å². The van der Waals surface area contributed by atoms with Crippen LogP contribution in [-0.2, 0) is 35.6 Å². The van der Waals surface area contributed by atoms with Crippen molar-refractivity contribution >= 4 is 23.0 Å². The lowest BCUT2D eigenvalue weighted by molar-refractivity contribution is -0.139. The number of aromatic nitrogens is 4.